The number of aromatic nitrogens is 1. The molecule has 1 aromatic heterocycles. The average molecular weight is 612 g/mol. The van der Waals surface area contributed by atoms with Gasteiger partial charge in [0.25, 0.3) is 5.91 Å². The standard InChI is InChI=1S/C32H45N5O5S/c1-31(2)23-24(31)29(40)37-18-32(19-37)17-36(28(39)22-11-12-33-43-22)15-21(32)27(38)34-25(30(41)35-13-7-4-8-14-35)26(23)42-16-20-9-5-3-6-10-20/h11-12,20-21,23-26H,3-10,13-19H2,1-2H3,(H,34,38)/t21-,23?,24+,25-,26+/m0/s1. The van der Waals surface area contributed by atoms with Gasteiger partial charge in [-0.3, -0.25) is 19.2 Å². The summed E-state index contributed by atoms with van der Waals surface area (Å²) in [4.78, 5) is 62.2. The summed E-state index contributed by atoms with van der Waals surface area (Å²) in [5.74, 6) is -0.818. The molecule has 10 nitrogen and oxygen atoms in total. The van der Waals surface area contributed by atoms with Crippen LogP contribution in [0.25, 0.3) is 0 Å². The van der Waals surface area contributed by atoms with E-state index in [1.807, 2.05) is 9.80 Å². The molecule has 5 atom stereocenters. The highest BCUT2D eigenvalue weighted by molar-refractivity contribution is 7.08. The zero-order chi connectivity index (χ0) is 29.9. The fourth-order valence-corrected chi connectivity index (χ4v) is 9.54. The first-order valence-corrected chi connectivity index (χ1v) is 17.2. The van der Waals surface area contributed by atoms with Crippen LogP contribution < -0.4 is 5.32 Å². The molecule has 4 amide bonds. The van der Waals surface area contributed by atoms with Crippen molar-refractivity contribution in [2.75, 3.05) is 45.9 Å². The molecule has 2 aliphatic carbocycles. The second-order valence-corrected chi connectivity index (χ2v) is 15.5. The zero-order valence-corrected chi connectivity index (χ0v) is 26.3. The van der Waals surface area contributed by atoms with Crippen molar-refractivity contribution in [1.29, 1.82) is 0 Å². The van der Waals surface area contributed by atoms with Crippen molar-refractivity contribution in [3.63, 3.8) is 0 Å². The van der Waals surface area contributed by atoms with Crippen LogP contribution in [0, 0.1) is 34.5 Å². The Kier molecular flexibility index (Phi) is 7.55. The third kappa shape index (κ3) is 5.08. The van der Waals surface area contributed by atoms with Crippen molar-refractivity contribution in [2.24, 2.45) is 34.5 Å². The normalized spacial score (nSPS) is 33.5. The number of carbonyl (C=O) groups excluding carboxylic acids is 4. The van der Waals surface area contributed by atoms with Crippen LogP contribution in [0.3, 0.4) is 0 Å². The number of hydrogen-bond acceptors (Lipinski definition) is 7. The number of fused-ring (bicyclic) bond motifs is 3. The van der Waals surface area contributed by atoms with Crippen LogP contribution in [-0.4, -0.2) is 101 Å². The molecule has 43 heavy (non-hydrogen) atoms. The van der Waals surface area contributed by atoms with Crippen LogP contribution in [0.2, 0.25) is 0 Å². The van der Waals surface area contributed by atoms with E-state index >= 15 is 0 Å². The van der Waals surface area contributed by atoms with Crippen LogP contribution in [0.4, 0.5) is 0 Å². The van der Waals surface area contributed by atoms with Gasteiger partial charge in [-0.2, -0.15) is 0 Å². The maximum absolute atomic E-state index is 14.3. The van der Waals surface area contributed by atoms with E-state index in [4.69, 9.17) is 4.74 Å². The number of likely N-dealkylation sites (tertiary alicyclic amines) is 2. The number of nitrogens with one attached hydrogen (secondary N) is 1. The van der Waals surface area contributed by atoms with E-state index in [1.165, 1.54) is 19.3 Å². The monoisotopic (exact) mass is 611 g/mol. The quantitative estimate of drug-likeness (QED) is 0.548. The molecule has 5 aliphatic heterocycles. The predicted octanol–water partition coefficient (Wildman–Crippen LogP) is 2.79. The van der Waals surface area contributed by atoms with E-state index in [0.717, 1.165) is 43.6 Å². The summed E-state index contributed by atoms with van der Waals surface area (Å²) in [6.45, 7) is 7.70. The fourth-order valence-electron chi connectivity index (χ4n) is 8.97. The van der Waals surface area contributed by atoms with Crippen LogP contribution in [0.5, 0.6) is 0 Å². The molecule has 0 aromatic carbocycles. The smallest absolute Gasteiger partial charge is 0.265 e. The third-order valence-corrected chi connectivity index (χ3v) is 12.3. The first-order chi connectivity index (χ1) is 20.7. The Labute approximate surface area is 258 Å². The minimum Gasteiger partial charge on any atom is -0.375 e. The van der Waals surface area contributed by atoms with E-state index in [2.05, 4.69) is 23.5 Å². The summed E-state index contributed by atoms with van der Waals surface area (Å²) in [5, 5.41) is 3.24. The van der Waals surface area contributed by atoms with Gasteiger partial charge >= 0.3 is 0 Å². The van der Waals surface area contributed by atoms with E-state index in [9.17, 15) is 19.2 Å². The van der Waals surface area contributed by atoms with Gasteiger partial charge < -0.3 is 24.8 Å². The van der Waals surface area contributed by atoms with Gasteiger partial charge in [-0.05, 0) is 61.0 Å². The first-order valence-electron chi connectivity index (χ1n) is 16.4. The molecule has 0 radical (unpaired) electrons. The largest absolute Gasteiger partial charge is 0.375 e. The maximum Gasteiger partial charge on any atom is 0.265 e. The zero-order valence-electron chi connectivity index (χ0n) is 25.5. The maximum atomic E-state index is 14.3. The van der Waals surface area contributed by atoms with E-state index in [-0.39, 0.29) is 47.4 Å². The van der Waals surface area contributed by atoms with Crippen LogP contribution in [0.15, 0.2) is 12.3 Å². The molecule has 1 aromatic rings. The van der Waals surface area contributed by atoms with Crippen molar-refractivity contribution >= 4 is 35.2 Å². The first kappa shape index (κ1) is 29.2. The molecule has 2 saturated carbocycles. The lowest BCUT2D eigenvalue weighted by Gasteiger charge is -2.50. The number of rotatable bonds is 5. The molecule has 2 bridgehead atoms. The SMILES string of the molecule is CC1(C)C2[C@@H](OCC3CCCCC3)[C@@H](C(=O)N3CCCCC3)NC(=O)[C@@H]3CN(C(=O)c4ccns4)CC34CN(C4)C(=O)[C@@H]21. The van der Waals surface area contributed by atoms with Gasteiger partial charge in [0, 0.05) is 69.3 Å². The Balaban J connectivity index is 1.22. The van der Waals surface area contributed by atoms with E-state index < -0.39 is 23.5 Å². The number of hydrogen-bond donors (Lipinski definition) is 1. The van der Waals surface area contributed by atoms with Crippen molar-refractivity contribution in [3.05, 3.63) is 17.1 Å². The third-order valence-electron chi connectivity index (χ3n) is 11.6. The minimum absolute atomic E-state index is 0.0906. The number of nitrogens with zero attached hydrogens (tertiary/aromatic N) is 4. The summed E-state index contributed by atoms with van der Waals surface area (Å²) < 4.78 is 10.9. The highest BCUT2D eigenvalue weighted by Gasteiger charge is 2.70. The Morgan fingerprint density at radius 2 is 1.74 bits per heavy atom. The molecular weight excluding hydrogens is 566 g/mol. The summed E-state index contributed by atoms with van der Waals surface area (Å²) in [6.07, 6.45) is 9.89. The van der Waals surface area contributed by atoms with Crippen molar-refractivity contribution in [1.82, 2.24) is 24.4 Å². The van der Waals surface area contributed by atoms with Gasteiger partial charge in [0.05, 0.1) is 12.0 Å². The molecule has 5 saturated heterocycles. The number of ether oxygens (including phenoxy) is 1. The molecule has 6 heterocycles. The number of piperidine rings is 1. The highest BCUT2D eigenvalue weighted by Crippen LogP contribution is 2.63. The Morgan fingerprint density at radius 1 is 1.02 bits per heavy atom. The molecule has 1 spiro atoms. The van der Waals surface area contributed by atoms with Crippen LogP contribution >= 0.6 is 11.5 Å². The van der Waals surface area contributed by atoms with Gasteiger partial charge in [0.2, 0.25) is 17.7 Å². The summed E-state index contributed by atoms with van der Waals surface area (Å²) in [7, 11) is 0. The summed E-state index contributed by atoms with van der Waals surface area (Å²) in [5.41, 5.74) is -0.860. The van der Waals surface area contributed by atoms with Gasteiger partial charge in [0.1, 0.15) is 10.9 Å². The Morgan fingerprint density at radius 3 is 2.44 bits per heavy atom. The van der Waals surface area contributed by atoms with Crippen molar-refractivity contribution in [3.8, 4) is 0 Å². The van der Waals surface area contributed by atoms with Gasteiger partial charge in [-0.1, -0.05) is 33.1 Å². The number of carbonyl (C=O) groups is 4. The molecule has 7 aliphatic rings. The Hall–Kier alpha value is -2.53. The van der Waals surface area contributed by atoms with E-state index in [1.54, 1.807) is 17.2 Å². The van der Waals surface area contributed by atoms with Crippen molar-refractivity contribution < 1.29 is 23.9 Å². The molecule has 11 heteroatoms. The van der Waals surface area contributed by atoms with Crippen LogP contribution in [0.1, 0.15) is 74.9 Å². The number of amides is 4. The average Bonchev–Trinajstić information content (AvgIpc) is 3.40. The second-order valence-electron chi connectivity index (χ2n) is 14.7. The predicted molar refractivity (Wildman–Crippen MR) is 160 cm³/mol. The fraction of sp³-hybridized carbons (Fsp3) is 0.781. The lowest BCUT2D eigenvalue weighted by atomic mass is 9.71. The molecule has 8 rings (SSSR count). The topological polar surface area (TPSA) is 112 Å². The van der Waals surface area contributed by atoms with Gasteiger partial charge in [-0.15, -0.1) is 0 Å². The van der Waals surface area contributed by atoms with E-state index in [0.29, 0.717) is 50.1 Å². The van der Waals surface area contributed by atoms with Gasteiger partial charge in [-0.25, -0.2) is 4.37 Å². The highest BCUT2D eigenvalue weighted by atomic mass is 32.1. The Bertz CT molecular complexity index is 1250. The summed E-state index contributed by atoms with van der Waals surface area (Å²) >= 11 is 1.15. The molecule has 1 N–H and O–H groups in total. The molecule has 234 valence electrons. The van der Waals surface area contributed by atoms with Gasteiger partial charge in [0.15, 0.2) is 0 Å². The lowest BCUT2D eigenvalue weighted by molar-refractivity contribution is -0.152. The minimum atomic E-state index is -0.857. The molecule has 1 unspecified atom stereocenters. The second kappa shape index (κ2) is 11.1. The summed E-state index contributed by atoms with van der Waals surface area (Å²) in [6, 6.07) is 0.851. The lowest BCUT2D eigenvalue weighted by Crippen LogP contribution is -2.65. The van der Waals surface area contributed by atoms with Crippen molar-refractivity contribution in [2.45, 2.75) is 77.4 Å². The van der Waals surface area contributed by atoms with Crippen LogP contribution in [-0.2, 0) is 19.1 Å². The molecular formula is C32H45N5O5S. The molecule has 7 fully saturated rings.